The molecular weight excluding hydrogens is 568 g/mol. The number of para-hydroxylation sites is 1. The maximum Gasteiger partial charge on any atom is 0.366 e. The number of fused-ring (bicyclic) bond motifs is 3. The first-order chi connectivity index (χ1) is 22.9. The Bertz CT molecular complexity index is 2470. The molecule has 0 saturated carbocycles. The Morgan fingerprint density at radius 1 is 0.553 bits per heavy atom. The van der Waals surface area contributed by atoms with Crippen LogP contribution < -0.4 is 21.9 Å². The molecule has 47 heavy (non-hydrogen) atoms. The zero-order valence-electron chi connectivity index (χ0n) is 27.6. The molecule has 8 aromatic rings. The molecule has 4 heteroatoms. The molecular formula is C43H36B2NO. The lowest BCUT2D eigenvalue weighted by molar-refractivity contribution is 0.253. The van der Waals surface area contributed by atoms with E-state index in [1.807, 2.05) is 0 Å². The minimum atomic E-state index is -0.0963. The fraction of sp³-hybridized carbons (Fsp3) is 0.163. The lowest BCUT2D eigenvalue weighted by atomic mass is 9.50. The minimum absolute atomic E-state index is 0.0963. The molecule has 0 fully saturated rings. The Hall–Kier alpha value is -4.79. The monoisotopic (exact) mass is 604 g/mol. The molecule has 2 nitrogen and oxygen atoms in total. The predicted molar refractivity (Wildman–Crippen MR) is 205 cm³/mol. The molecule has 225 valence electrons. The van der Waals surface area contributed by atoms with Crippen molar-refractivity contribution in [3.63, 3.8) is 0 Å². The zero-order valence-corrected chi connectivity index (χ0v) is 27.6. The van der Waals surface area contributed by atoms with Crippen molar-refractivity contribution in [3.05, 3.63) is 115 Å². The van der Waals surface area contributed by atoms with Crippen molar-refractivity contribution in [2.24, 2.45) is 5.92 Å². The van der Waals surface area contributed by atoms with E-state index in [0.29, 0.717) is 0 Å². The van der Waals surface area contributed by atoms with Gasteiger partial charge in [-0.05, 0) is 86.6 Å². The summed E-state index contributed by atoms with van der Waals surface area (Å²) in [5.74, 6) is 0.833. The van der Waals surface area contributed by atoms with Crippen LogP contribution in [0.15, 0.2) is 115 Å². The standard InChI is InChI=1S/C39H26B2NO.C4H10/c1-22(2)43-41-33-15-9-14-31-37(33)42-38-32(40-31)18-16-25-29-20-27(23-10-5-3-6-11-23)28(24-12-7-4-8-13-24)21-30(29)26-17-19-34(41)39(42)36(26)35(25)38;1-4(2)3/h3-22H,1-2H3;4H,1-3H3. The fourth-order valence-electron chi connectivity index (χ4n) is 7.99. The summed E-state index contributed by atoms with van der Waals surface area (Å²) in [6.45, 7) is 10.7. The lowest BCUT2D eigenvalue weighted by Crippen LogP contribution is -2.55. The van der Waals surface area contributed by atoms with Crippen molar-refractivity contribution >= 4 is 79.4 Å². The van der Waals surface area contributed by atoms with E-state index in [9.17, 15) is 0 Å². The summed E-state index contributed by atoms with van der Waals surface area (Å²) in [5, 5.41) is 7.95. The third kappa shape index (κ3) is 4.17. The van der Waals surface area contributed by atoms with Gasteiger partial charge in [0.15, 0.2) is 7.28 Å². The summed E-state index contributed by atoms with van der Waals surface area (Å²) in [6.07, 6.45) is 0.115. The summed E-state index contributed by atoms with van der Waals surface area (Å²) < 4.78 is 9.27. The Labute approximate surface area is 277 Å². The molecule has 0 unspecified atom stereocenters. The summed E-state index contributed by atoms with van der Waals surface area (Å²) in [7, 11) is 2.37. The van der Waals surface area contributed by atoms with E-state index in [-0.39, 0.29) is 13.0 Å². The molecule has 0 aliphatic carbocycles. The second-order valence-electron chi connectivity index (χ2n) is 14.1. The molecule has 10 rings (SSSR count). The van der Waals surface area contributed by atoms with Crippen LogP contribution in [0.1, 0.15) is 34.6 Å². The number of hydrogen-bond acceptors (Lipinski definition) is 1. The lowest BCUT2D eigenvalue weighted by Gasteiger charge is -2.31. The van der Waals surface area contributed by atoms with Gasteiger partial charge in [0.1, 0.15) is 0 Å². The average Bonchev–Trinajstić information content (AvgIpc) is 3.45. The molecule has 3 heterocycles. The van der Waals surface area contributed by atoms with Gasteiger partial charge < -0.3 is 9.22 Å². The number of rotatable bonds is 4. The van der Waals surface area contributed by atoms with Crippen LogP contribution in [-0.4, -0.2) is 24.9 Å². The Morgan fingerprint density at radius 2 is 1.13 bits per heavy atom. The Kier molecular flexibility index (Phi) is 6.42. The second-order valence-corrected chi connectivity index (χ2v) is 14.1. The maximum atomic E-state index is 6.71. The van der Waals surface area contributed by atoms with Crippen LogP contribution in [0.25, 0.3) is 71.3 Å². The molecule has 1 aromatic heterocycles. The molecule has 1 radical (unpaired) electrons. The first-order valence-electron chi connectivity index (χ1n) is 17.0. The molecule has 0 atom stereocenters. The van der Waals surface area contributed by atoms with Crippen LogP contribution in [0.5, 0.6) is 0 Å². The van der Waals surface area contributed by atoms with Crippen LogP contribution in [0.2, 0.25) is 0 Å². The fourth-order valence-corrected chi connectivity index (χ4v) is 7.99. The van der Waals surface area contributed by atoms with Crippen LogP contribution in [0.4, 0.5) is 0 Å². The van der Waals surface area contributed by atoms with Crippen LogP contribution >= 0.6 is 0 Å². The first-order valence-corrected chi connectivity index (χ1v) is 17.0. The molecule has 0 spiro atoms. The highest BCUT2D eigenvalue weighted by Gasteiger charge is 2.39. The van der Waals surface area contributed by atoms with Gasteiger partial charge in [-0.1, -0.05) is 135 Å². The summed E-state index contributed by atoms with van der Waals surface area (Å²) in [4.78, 5) is 0. The second kappa shape index (κ2) is 10.6. The topological polar surface area (TPSA) is 14.2 Å². The van der Waals surface area contributed by atoms with Gasteiger partial charge >= 0.3 is 6.92 Å². The molecule has 2 aliphatic rings. The van der Waals surface area contributed by atoms with Crippen molar-refractivity contribution in [2.75, 3.05) is 0 Å². The van der Waals surface area contributed by atoms with E-state index >= 15 is 0 Å². The number of aromatic nitrogens is 1. The number of nitrogens with zero attached hydrogens (tertiary/aromatic N) is 1. The third-order valence-corrected chi connectivity index (χ3v) is 9.63. The van der Waals surface area contributed by atoms with Crippen molar-refractivity contribution < 1.29 is 4.65 Å². The molecule has 0 saturated heterocycles. The molecule has 0 bridgehead atoms. The van der Waals surface area contributed by atoms with E-state index in [0.717, 1.165) is 5.92 Å². The highest BCUT2D eigenvalue weighted by molar-refractivity contribution is 6.85. The van der Waals surface area contributed by atoms with E-state index in [1.54, 1.807) is 0 Å². The van der Waals surface area contributed by atoms with Crippen LogP contribution in [0, 0.1) is 5.92 Å². The van der Waals surface area contributed by atoms with Gasteiger partial charge in [0.05, 0.1) is 5.52 Å². The SMILES string of the molecule is CC(C)C.CC(C)OB1c2cccc3c2-n2c4c(ccc5c6cc(-c7ccccc7)c(-c7ccccc7)cc6c6ccc1c2c6c54)[B]3. The van der Waals surface area contributed by atoms with Crippen molar-refractivity contribution in [2.45, 2.75) is 40.7 Å². The smallest absolute Gasteiger partial charge is 0.366 e. The maximum absolute atomic E-state index is 6.71. The largest absolute Gasteiger partial charge is 0.425 e. The summed E-state index contributed by atoms with van der Waals surface area (Å²) in [5.41, 5.74) is 14.0. The summed E-state index contributed by atoms with van der Waals surface area (Å²) in [6, 6.07) is 42.6. The normalized spacial score (nSPS) is 13.0. The van der Waals surface area contributed by atoms with Gasteiger partial charge in [0.2, 0.25) is 0 Å². The number of hydrogen-bond donors (Lipinski definition) is 0. The van der Waals surface area contributed by atoms with E-state index in [4.69, 9.17) is 4.65 Å². The molecule has 0 amide bonds. The first kappa shape index (κ1) is 28.4. The molecule has 0 N–H and O–H groups in total. The Morgan fingerprint density at radius 3 is 1.72 bits per heavy atom. The van der Waals surface area contributed by atoms with Gasteiger partial charge in [0.25, 0.3) is 0 Å². The van der Waals surface area contributed by atoms with Crippen LogP contribution in [0.3, 0.4) is 0 Å². The van der Waals surface area contributed by atoms with Gasteiger partial charge in [0, 0.05) is 28.1 Å². The average molecular weight is 604 g/mol. The van der Waals surface area contributed by atoms with E-state index < -0.39 is 0 Å². The van der Waals surface area contributed by atoms with Gasteiger partial charge in [-0.25, -0.2) is 0 Å². The van der Waals surface area contributed by atoms with Crippen molar-refractivity contribution in [3.8, 4) is 27.9 Å². The predicted octanol–water partition coefficient (Wildman–Crippen LogP) is 8.34. The van der Waals surface area contributed by atoms with Gasteiger partial charge in [-0.2, -0.15) is 0 Å². The van der Waals surface area contributed by atoms with Gasteiger partial charge in [-0.15, -0.1) is 0 Å². The third-order valence-electron chi connectivity index (χ3n) is 9.63. The highest BCUT2D eigenvalue weighted by Crippen LogP contribution is 2.46. The Balaban J connectivity index is 0.000000719. The van der Waals surface area contributed by atoms with Crippen LogP contribution in [-0.2, 0) is 4.65 Å². The summed E-state index contributed by atoms with van der Waals surface area (Å²) >= 11 is 0. The zero-order chi connectivity index (χ0) is 32.0. The number of benzene rings is 7. The quantitative estimate of drug-likeness (QED) is 0.146. The molecule has 2 aliphatic heterocycles. The van der Waals surface area contributed by atoms with Crippen molar-refractivity contribution in [1.29, 1.82) is 0 Å². The highest BCUT2D eigenvalue weighted by atomic mass is 16.4. The van der Waals surface area contributed by atoms with Gasteiger partial charge in [-0.3, -0.25) is 0 Å². The molecule has 7 aromatic carbocycles. The van der Waals surface area contributed by atoms with E-state index in [2.05, 4.69) is 162 Å². The van der Waals surface area contributed by atoms with E-state index in [1.165, 1.54) is 93.1 Å². The van der Waals surface area contributed by atoms with Crippen molar-refractivity contribution in [1.82, 2.24) is 4.57 Å². The minimum Gasteiger partial charge on any atom is -0.425 e.